The van der Waals surface area contributed by atoms with Crippen molar-refractivity contribution in [3.63, 3.8) is 0 Å². The molecule has 0 aliphatic carbocycles. The molecule has 2 rings (SSSR count). The van der Waals surface area contributed by atoms with Gasteiger partial charge in [-0.1, -0.05) is 0 Å². The summed E-state index contributed by atoms with van der Waals surface area (Å²) in [5.74, 6) is -1.36. The number of halogens is 1. The Kier molecular flexibility index (Phi) is 7.91. The van der Waals surface area contributed by atoms with Gasteiger partial charge in [0.25, 0.3) is 0 Å². The van der Waals surface area contributed by atoms with Crippen LogP contribution in [0.3, 0.4) is 0 Å². The summed E-state index contributed by atoms with van der Waals surface area (Å²) < 4.78 is 0. The molecule has 2 heterocycles. The quantitative estimate of drug-likeness (QED) is 0.376. The molecule has 26 heavy (non-hydrogen) atoms. The van der Waals surface area contributed by atoms with Crippen LogP contribution < -0.4 is 0 Å². The monoisotopic (exact) mass is 397 g/mol. The first-order valence-corrected chi connectivity index (χ1v) is 14.3. The van der Waals surface area contributed by atoms with Crippen LogP contribution in [0.5, 0.6) is 0 Å². The van der Waals surface area contributed by atoms with Gasteiger partial charge < -0.3 is 0 Å². The molecule has 3 nitrogen and oxygen atoms in total. The zero-order chi connectivity index (χ0) is 19.1. The standard InChI is InChI=1S/C21H37ClN3P/c1-5-9-15-26(22,16-10-6-2,17-11-7-3)19(8-4)21-24-18-13-12-14-23-20(18)25-21/h12-14,19H,5-11,15-17H2,1-4H3,(H,23,24,25). The summed E-state index contributed by atoms with van der Waals surface area (Å²) in [5, 5.41) is 0. The summed E-state index contributed by atoms with van der Waals surface area (Å²) in [7, 11) is 0. The van der Waals surface area contributed by atoms with Gasteiger partial charge in [-0.15, -0.1) is 0 Å². The van der Waals surface area contributed by atoms with Crippen molar-refractivity contribution in [2.45, 2.75) is 78.3 Å². The van der Waals surface area contributed by atoms with Gasteiger partial charge in [0.1, 0.15) is 0 Å². The summed E-state index contributed by atoms with van der Waals surface area (Å²) >= 11 is 7.91. The molecule has 0 aliphatic rings. The number of imidazole rings is 1. The fraction of sp³-hybridized carbons (Fsp3) is 0.714. The van der Waals surface area contributed by atoms with E-state index in [0.29, 0.717) is 5.66 Å². The number of hydrogen-bond acceptors (Lipinski definition) is 2. The molecule has 5 heteroatoms. The predicted octanol–water partition coefficient (Wildman–Crippen LogP) is 7.52. The van der Waals surface area contributed by atoms with E-state index < -0.39 is 5.96 Å². The molecule has 0 spiro atoms. The van der Waals surface area contributed by atoms with E-state index in [4.69, 9.17) is 16.2 Å². The molecular weight excluding hydrogens is 361 g/mol. The molecule has 0 fully saturated rings. The van der Waals surface area contributed by atoms with Crippen molar-refractivity contribution < 1.29 is 0 Å². The number of rotatable bonds is 12. The molecular formula is C21H37ClN3P. The first kappa shape index (κ1) is 21.6. The number of aromatic nitrogens is 3. The van der Waals surface area contributed by atoms with Crippen molar-refractivity contribution in [1.82, 2.24) is 15.0 Å². The van der Waals surface area contributed by atoms with Crippen molar-refractivity contribution >= 4 is 28.4 Å². The molecule has 0 aromatic carbocycles. The van der Waals surface area contributed by atoms with Gasteiger partial charge in [0.05, 0.1) is 0 Å². The first-order chi connectivity index (χ1) is 12.5. The molecule has 2 aromatic heterocycles. The van der Waals surface area contributed by atoms with Crippen LogP contribution in [0.2, 0.25) is 0 Å². The number of aromatic amines is 1. The average molecular weight is 398 g/mol. The normalized spacial score (nSPS) is 15.0. The number of pyridine rings is 1. The SMILES string of the molecule is CCCCP(Cl)(CCCC)(CCCC)C(CC)c1nc2ncccc2[nH]1. The van der Waals surface area contributed by atoms with Crippen molar-refractivity contribution in [3.8, 4) is 0 Å². The Morgan fingerprint density at radius 1 is 1.00 bits per heavy atom. The van der Waals surface area contributed by atoms with Crippen LogP contribution in [0.1, 0.15) is 84.1 Å². The molecule has 148 valence electrons. The molecule has 1 unspecified atom stereocenters. The van der Waals surface area contributed by atoms with Gasteiger partial charge in [-0.3, -0.25) is 0 Å². The van der Waals surface area contributed by atoms with Crippen LogP contribution in [-0.4, -0.2) is 33.4 Å². The summed E-state index contributed by atoms with van der Waals surface area (Å²) in [6.45, 7) is 9.14. The predicted molar refractivity (Wildman–Crippen MR) is 119 cm³/mol. The molecule has 0 saturated carbocycles. The third-order valence-electron chi connectivity index (χ3n) is 5.88. The molecule has 1 atom stereocenters. The maximum atomic E-state index is 7.91. The zero-order valence-electron chi connectivity index (χ0n) is 17.1. The molecule has 0 amide bonds. The minimum atomic E-state index is -2.44. The summed E-state index contributed by atoms with van der Waals surface area (Å²) in [4.78, 5) is 12.9. The van der Waals surface area contributed by atoms with E-state index in [2.05, 4.69) is 43.7 Å². The van der Waals surface area contributed by atoms with Crippen LogP contribution >= 0.6 is 17.2 Å². The van der Waals surface area contributed by atoms with Crippen LogP contribution in [0.15, 0.2) is 18.3 Å². The average Bonchev–Trinajstić information content (AvgIpc) is 3.07. The van der Waals surface area contributed by atoms with Crippen molar-refractivity contribution in [2.75, 3.05) is 18.5 Å². The van der Waals surface area contributed by atoms with Crippen LogP contribution in [0, 0.1) is 0 Å². The van der Waals surface area contributed by atoms with E-state index in [1.807, 2.05) is 12.3 Å². The van der Waals surface area contributed by atoms with E-state index in [1.165, 1.54) is 57.0 Å². The van der Waals surface area contributed by atoms with Gasteiger partial charge in [-0.05, 0) is 0 Å². The van der Waals surface area contributed by atoms with E-state index in [0.717, 1.165) is 23.4 Å². The Morgan fingerprint density at radius 2 is 1.58 bits per heavy atom. The molecule has 1 N–H and O–H groups in total. The van der Waals surface area contributed by atoms with Crippen LogP contribution in [0.4, 0.5) is 0 Å². The number of nitrogens with zero attached hydrogens (tertiary/aromatic N) is 2. The Balaban J connectivity index is 2.52. The van der Waals surface area contributed by atoms with Gasteiger partial charge in [0.15, 0.2) is 0 Å². The number of unbranched alkanes of at least 4 members (excludes halogenated alkanes) is 3. The molecule has 2 aromatic rings. The molecule has 0 bridgehead atoms. The van der Waals surface area contributed by atoms with Gasteiger partial charge in [0.2, 0.25) is 0 Å². The summed E-state index contributed by atoms with van der Waals surface area (Å²) in [6, 6.07) is 4.04. The Hall–Kier alpha value is -0.660. The van der Waals surface area contributed by atoms with E-state index in [1.54, 1.807) is 0 Å². The number of fused-ring (bicyclic) bond motifs is 1. The third-order valence-corrected chi connectivity index (χ3v) is 14.4. The van der Waals surface area contributed by atoms with Crippen molar-refractivity contribution in [1.29, 1.82) is 0 Å². The molecule has 0 radical (unpaired) electrons. The Morgan fingerprint density at radius 3 is 2.04 bits per heavy atom. The van der Waals surface area contributed by atoms with Crippen molar-refractivity contribution in [2.24, 2.45) is 0 Å². The van der Waals surface area contributed by atoms with E-state index in [9.17, 15) is 0 Å². The zero-order valence-corrected chi connectivity index (χ0v) is 18.8. The van der Waals surface area contributed by atoms with Gasteiger partial charge in [-0.2, -0.15) is 0 Å². The molecule has 0 saturated heterocycles. The molecule has 0 aliphatic heterocycles. The van der Waals surface area contributed by atoms with Gasteiger partial charge >= 0.3 is 164 Å². The van der Waals surface area contributed by atoms with Gasteiger partial charge in [-0.25, -0.2) is 0 Å². The third kappa shape index (κ3) is 4.60. The maximum absolute atomic E-state index is 7.91. The number of H-pyrrole nitrogens is 1. The van der Waals surface area contributed by atoms with Crippen LogP contribution in [-0.2, 0) is 0 Å². The summed E-state index contributed by atoms with van der Waals surface area (Å²) in [5.41, 5.74) is 2.20. The van der Waals surface area contributed by atoms with Crippen molar-refractivity contribution in [3.05, 3.63) is 24.2 Å². The second kappa shape index (κ2) is 9.51. The van der Waals surface area contributed by atoms with Crippen LogP contribution in [0.25, 0.3) is 11.2 Å². The number of hydrogen-bond donors (Lipinski definition) is 1. The Bertz CT molecular complexity index is 627. The fourth-order valence-electron chi connectivity index (χ4n) is 4.38. The Labute approximate surface area is 164 Å². The minimum absolute atomic E-state index is 0.349. The van der Waals surface area contributed by atoms with E-state index >= 15 is 0 Å². The second-order valence-electron chi connectivity index (χ2n) is 7.83. The fourth-order valence-corrected chi connectivity index (χ4v) is 12.6. The second-order valence-corrected chi connectivity index (χ2v) is 15.9. The van der Waals surface area contributed by atoms with Gasteiger partial charge in [0, 0.05) is 0 Å². The van der Waals surface area contributed by atoms with E-state index in [-0.39, 0.29) is 0 Å². The number of nitrogens with one attached hydrogen (secondary N) is 1. The topological polar surface area (TPSA) is 41.6 Å². The summed E-state index contributed by atoms with van der Waals surface area (Å²) in [6.07, 6.45) is 13.7. The first-order valence-electron chi connectivity index (χ1n) is 10.5.